The second-order valence-corrected chi connectivity index (χ2v) is 7.39. The van der Waals surface area contributed by atoms with Crippen LogP contribution in [0, 0.1) is 5.82 Å². The number of aromatic nitrogens is 2. The number of hydrogen-bond acceptors (Lipinski definition) is 6. The van der Waals surface area contributed by atoms with Crippen molar-refractivity contribution in [3.8, 4) is 0 Å². The van der Waals surface area contributed by atoms with Gasteiger partial charge in [-0.25, -0.2) is 4.39 Å². The van der Waals surface area contributed by atoms with Crippen molar-refractivity contribution in [1.82, 2.24) is 8.75 Å². The minimum absolute atomic E-state index is 0.352. The zero-order chi connectivity index (χ0) is 19.6. The summed E-state index contributed by atoms with van der Waals surface area (Å²) in [7, 11) is 0. The van der Waals surface area contributed by atoms with E-state index >= 15 is 0 Å². The van der Waals surface area contributed by atoms with E-state index in [-0.39, 0.29) is 5.82 Å². The lowest BCUT2D eigenvalue weighted by molar-refractivity contribution is -0.153. The van der Waals surface area contributed by atoms with E-state index in [0.717, 1.165) is 30.1 Å². The number of halogens is 1. The monoisotopic (exact) mass is 399 g/mol. The van der Waals surface area contributed by atoms with Gasteiger partial charge < -0.3 is 10.1 Å². The molecule has 1 saturated carbocycles. The number of nitrogens with one attached hydrogen (secondary N) is 1. The van der Waals surface area contributed by atoms with E-state index in [4.69, 9.17) is 4.74 Å². The maximum absolute atomic E-state index is 13.3. The topological polar surface area (TPSA) is 81.2 Å². The van der Waals surface area contributed by atoms with Gasteiger partial charge in [0.15, 0.2) is 6.61 Å². The molecule has 1 fully saturated rings. The molecule has 4 rings (SSSR count). The summed E-state index contributed by atoms with van der Waals surface area (Å²) in [5, 5.41) is 2.72. The molecule has 144 valence electrons. The minimum atomic E-state index is -0.813. The Kier molecular flexibility index (Phi) is 5.04. The molecule has 0 atom stereocenters. The number of ether oxygens (including phenoxy) is 1. The average molecular weight is 399 g/mol. The van der Waals surface area contributed by atoms with Crippen molar-refractivity contribution in [3.05, 3.63) is 53.8 Å². The molecule has 0 saturated heterocycles. The molecule has 0 aliphatic heterocycles. The molecular weight excluding hydrogens is 381 g/mol. The van der Waals surface area contributed by atoms with Crippen LogP contribution in [-0.2, 0) is 19.7 Å². The number of hydrogen-bond donors (Lipinski definition) is 1. The molecule has 1 aromatic heterocycles. The highest BCUT2D eigenvalue weighted by Gasteiger charge is 2.44. The molecule has 6 nitrogen and oxygen atoms in total. The van der Waals surface area contributed by atoms with Gasteiger partial charge in [0.05, 0.1) is 22.8 Å². The first-order valence-corrected chi connectivity index (χ1v) is 9.76. The van der Waals surface area contributed by atoms with Crippen LogP contribution in [0.1, 0.15) is 31.2 Å². The summed E-state index contributed by atoms with van der Waals surface area (Å²) in [6.07, 6.45) is 3.03. The first-order chi connectivity index (χ1) is 13.6. The smallest absolute Gasteiger partial charge is 0.317 e. The maximum atomic E-state index is 13.3. The van der Waals surface area contributed by atoms with E-state index < -0.39 is 23.9 Å². The summed E-state index contributed by atoms with van der Waals surface area (Å²) in [4.78, 5) is 25.2. The van der Waals surface area contributed by atoms with Crippen LogP contribution in [0.5, 0.6) is 0 Å². The molecule has 3 aromatic rings. The molecule has 28 heavy (non-hydrogen) atoms. The Bertz CT molecular complexity index is 1010. The molecular formula is C20H18FN3O3S. The van der Waals surface area contributed by atoms with Crippen molar-refractivity contribution in [2.45, 2.75) is 31.1 Å². The van der Waals surface area contributed by atoms with Gasteiger partial charge in [0.1, 0.15) is 16.9 Å². The normalized spacial score (nSPS) is 15.5. The number of anilines is 1. The highest BCUT2D eigenvalue weighted by Crippen LogP contribution is 2.42. The number of fused-ring (bicyclic) bond motifs is 1. The van der Waals surface area contributed by atoms with Crippen molar-refractivity contribution >= 4 is 40.3 Å². The van der Waals surface area contributed by atoms with Crippen LogP contribution in [0.25, 0.3) is 11.0 Å². The summed E-state index contributed by atoms with van der Waals surface area (Å²) in [5.41, 5.74) is 1.75. The molecule has 0 bridgehead atoms. The van der Waals surface area contributed by atoms with Gasteiger partial charge in [0.25, 0.3) is 5.91 Å². The fourth-order valence-corrected chi connectivity index (χ4v) is 4.27. The van der Waals surface area contributed by atoms with E-state index in [1.54, 1.807) is 30.3 Å². The highest BCUT2D eigenvalue weighted by molar-refractivity contribution is 7.00. The van der Waals surface area contributed by atoms with Gasteiger partial charge in [-0.3, -0.25) is 9.59 Å². The van der Waals surface area contributed by atoms with Crippen LogP contribution >= 0.6 is 11.7 Å². The summed E-state index contributed by atoms with van der Waals surface area (Å²) < 4.78 is 26.9. The molecule has 1 aliphatic carbocycles. The molecule has 1 amide bonds. The summed E-state index contributed by atoms with van der Waals surface area (Å²) in [5.74, 6) is -1.24. The SMILES string of the molecule is O=C(COC(=O)C1(c2ccc(F)cc2)CCCC1)Nc1cccc2nsnc12. The fraction of sp³-hybridized carbons (Fsp3) is 0.300. The number of amides is 1. The lowest BCUT2D eigenvalue weighted by Crippen LogP contribution is -2.36. The standard InChI is InChI=1S/C20H18FN3O3S/c21-14-8-6-13(7-9-14)20(10-1-2-11-20)19(26)27-12-17(25)22-15-4-3-5-16-18(15)24-28-23-16/h3-9H,1-2,10-12H2,(H,22,25). The van der Waals surface area contributed by atoms with Gasteiger partial charge in [0, 0.05) is 0 Å². The number of esters is 1. The minimum Gasteiger partial charge on any atom is -0.455 e. The van der Waals surface area contributed by atoms with Crippen molar-refractivity contribution in [3.63, 3.8) is 0 Å². The third-order valence-corrected chi connectivity index (χ3v) is 5.68. The largest absolute Gasteiger partial charge is 0.455 e. The van der Waals surface area contributed by atoms with E-state index in [1.807, 2.05) is 0 Å². The van der Waals surface area contributed by atoms with Gasteiger partial charge in [-0.15, -0.1) is 0 Å². The molecule has 1 heterocycles. The Morgan fingerprint density at radius 3 is 2.61 bits per heavy atom. The predicted octanol–water partition coefficient (Wildman–Crippen LogP) is 3.82. The first-order valence-electron chi connectivity index (χ1n) is 9.03. The molecule has 8 heteroatoms. The number of carbonyl (C=O) groups excluding carboxylic acids is 2. The number of carbonyl (C=O) groups is 2. The van der Waals surface area contributed by atoms with E-state index in [1.165, 1.54) is 12.1 Å². The van der Waals surface area contributed by atoms with Gasteiger partial charge in [-0.2, -0.15) is 8.75 Å². The Hall–Kier alpha value is -2.87. The quantitative estimate of drug-likeness (QED) is 0.660. The first kappa shape index (κ1) is 18.5. The van der Waals surface area contributed by atoms with Crippen LogP contribution in [0.2, 0.25) is 0 Å². The zero-order valence-corrected chi connectivity index (χ0v) is 15.8. The molecule has 0 unspecified atom stereocenters. The maximum Gasteiger partial charge on any atom is 0.317 e. The van der Waals surface area contributed by atoms with Crippen molar-refractivity contribution in [2.24, 2.45) is 0 Å². The van der Waals surface area contributed by atoms with Gasteiger partial charge in [-0.1, -0.05) is 31.0 Å². The molecule has 2 aromatic carbocycles. The van der Waals surface area contributed by atoms with Gasteiger partial charge in [-0.05, 0) is 42.7 Å². The predicted molar refractivity (Wildman–Crippen MR) is 104 cm³/mol. The highest BCUT2D eigenvalue weighted by atomic mass is 32.1. The van der Waals surface area contributed by atoms with Gasteiger partial charge in [0.2, 0.25) is 0 Å². The number of rotatable bonds is 5. The van der Waals surface area contributed by atoms with E-state index in [2.05, 4.69) is 14.1 Å². The summed E-state index contributed by atoms with van der Waals surface area (Å²) in [6, 6.07) is 11.2. The molecule has 1 aliphatic rings. The van der Waals surface area contributed by atoms with Crippen LogP contribution in [0.4, 0.5) is 10.1 Å². The third kappa shape index (κ3) is 3.47. The summed E-state index contributed by atoms with van der Waals surface area (Å²) >= 11 is 1.06. The van der Waals surface area contributed by atoms with Crippen molar-refractivity contribution < 1.29 is 18.7 Å². The fourth-order valence-electron chi connectivity index (χ4n) is 3.72. The van der Waals surface area contributed by atoms with Crippen LogP contribution in [0.3, 0.4) is 0 Å². The zero-order valence-electron chi connectivity index (χ0n) is 15.0. The second-order valence-electron chi connectivity index (χ2n) is 6.86. The second kappa shape index (κ2) is 7.63. The number of benzene rings is 2. The van der Waals surface area contributed by atoms with Crippen LogP contribution < -0.4 is 5.32 Å². The Morgan fingerprint density at radius 1 is 1.11 bits per heavy atom. The van der Waals surface area contributed by atoms with Crippen LogP contribution in [-0.4, -0.2) is 27.2 Å². The summed E-state index contributed by atoms with van der Waals surface area (Å²) in [6.45, 7) is -0.393. The van der Waals surface area contributed by atoms with E-state index in [0.29, 0.717) is 29.6 Å². The van der Waals surface area contributed by atoms with Gasteiger partial charge >= 0.3 is 5.97 Å². The average Bonchev–Trinajstić information content (AvgIpc) is 3.37. The Morgan fingerprint density at radius 2 is 1.86 bits per heavy atom. The van der Waals surface area contributed by atoms with E-state index in [9.17, 15) is 14.0 Å². The number of nitrogens with zero attached hydrogens (tertiary/aromatic N) is 2. The third-order valence-electron chi connectivity index (χ3n) is 5.14. The Labute approximate surface area is 165 Å². The Balaban J connectivity index is 1.44. The molecule has 0 spiro atoms. The van der Waals surface area contributed by atoms with Crippen molar-refractivity contribution in [2.75, 3.05) is 11.9 Å². The van der Waals surface area contributed by atoms with Crippen LogP contribution in [0.15, 0.2) is 42.5 Å². The lowest BCUT2D eigenvalue weighted by atomic mass is 9.79. The molecule has 0 radical (unpaired) electrons. The molecule has 1 N–H and O–H groups in total. The lowest BCUT2D eigenvalue weighted by Gasteiger charge is -2.27. The van der Waals surface area contributed by atoms with Crippen molar-refractivity contribution in [1.29, 1.82) is 0 Å².